The Bertz CT molecular complexity index is 523. The van der Waals surface area contributed by atoms with Crippen molar-refractivity contribution in [1.82, 2.24) is 0 Å². The van der Waals surface area contributed by atoms with E-state index in [9.17, 15) is 0 Å². The van der Waals surface area contributed by atoms with Crippen molar-refractivity contribution >= 4 is 23.0 Å². The Morgan fingerprint density at radius 3 is 2.35 bits per heavy atom. The van der Waals surface area contributed by atoms with Gasteiger partial charge in [-0.25, -0.2) is 0 Å². The quantitative estimate of drug-likeness (QED) is 0.719. The van der Waals surface area contributed by atoms with Crippen LogP contribution in [0.2, 0.25) is 5.02 Å². The minimum atomic E-state index is 0.685. The molecule has 0 N–H and O–H groups in total. The molecule has 0 saturated carbocycles. The van der Waals surface area contributed by atoms with E-state index in [1.807, 2.05) is 36.4 Å². The van der Waals surface area contributed by atoms with E-state index in [2.05, 4.69) is 10.2 Å². The Balaban J connectivity index is 2.16. The van der Waals surface area contributed by atoms with Crippen molar-refractivity contribution in [2.75, 3.05) is 7.11 Å². The van der Waals surface area contributed by atoms with Crippen molar-refractivity contribution in [1.29, 1.82) is 0 Å². The van der Waals surface area contributed by atoms with Gasteiger partial charge in [0.2, 0.25) is 0 Å². The van der Waals surface area contributed by atoms with E-state index in [-0.39, 0.29) is 0 Å². The van der Waals surface area contributed by atoms with Crippen LogP contribution in [0.5, 0.6) is 5.75 Å². The van der Waals surface area contributed by atoms with E-state index in [1.54, 1.807) is 19.2 Å². The zero-order valence-corrected chi connectivity index (χ0v) is 10.1. The molecule has 0 bridgehead atoms. The summed E-state index contributed by atoms with van der Waals surface area (Å²) in [6.07, 6.45) is 0. The van der Waals surface area contributed by atoms with Crippen LogP contribution in [0.15, 0.2) is 58.8 Å². The van der Waals surface area contributed by atoms with Crippen molar-refractivity contribution in [2.45, 2.75) is 0 Å². The monoisotopic (exact) mass is 246 g/mol. The third-order valence-corrected chi connectivity index (χ3v) is 2.41. The van der Waals surface area contributed by atoms with E-state index in [4.69, 9.17) is 16.3 Å². The van der Waals surface area contributed by atoms with Crippen molar-refractivity contribution in [2.24, 2.45) is 10.2 Å². The normalized spacial score (nSPS) is 10.7. The second-order valence-corrected chi connectivity index (χ2v) is 3.81. The van der Waals surface area contributed by atoms with Gasteiger partial charge in [0.15, 0.2) is 0 Å². The highest BCUT2D eigenvalue weighted by molar-refractivity contribution is 6.30. The molecule has 0 radical (unpaired) electrons. The van der Waals surface area contributed by atoms with Gasteiger partial charge in [0, 0.05) is 11.1 Å². The number of hydrogen-bond acceptors (Lipinski definition) is 3. The van der Waals surface area contributed by atoms with Gasteiger partial charge in [-0.2, -0.15) is 10.2 Å². The Kier molecular flexibility index (Phi) is 3.73. The number of halogens is 1. The summed E-state index contributed by atoms with van der Waals surface area (Å²) in [5, 5.41) is 8.91. The van der Waals surface area contributed by atoms with Crippen LogP contribution in [0.25, 0.3) is 0 Å². The van der Waals surface area contributed by atoms with Crippen LogP contribution in [-0.4, -0.2) is 7.11 Å². The highest BCUT2D eigenvalue weighted by Crippen LogP contribution is 2.23. The summed E-state index contributed by atoms with van der Waals surface area (Å²) in [6, 6.07) is 14.6. The predicted octanol–water partition coefficient (Wildman–Crippen LogP) is 4.76. The number of methoxy groups -OCH3 is 1. The molecule has 17 heavy (non-hydrogen) atoms. The Hall–Kier alpha value is -1.87. The van der Waals surface area contributed by atoms with Gasteiger partial charge in [0.05, 0.1) is 18.5 Å². The lowest BCUT2D eigenvalue weighted by Crippen LogP contribution is -1.79. The maximum absolute atomic E-state index is 5.78. The van der Waals surface area contributed by atoms with Gasteiger partial charge < -0.3 is 4.74 Å². The lowest BCUT2D eigenvalue weighted by Gasteiger charge is -1.99. The van der Waals surface area contributed by atoms with Crippen molar-refractivity contribution in [3.8, 4) is 5.75 Å². The summed E-state index contributed by atoms with van der Waals surface area (Å²) in [6.45, 7) is 0. The first kappa shape index (κ1) is 11.6. The molecule has 0 atom stereocenters. The average Bonchev–Trinajstić information content (AvgIpc) is 2.38. The third kappa shape index (κ3) is 3.29. The molecule has 0 aromatic heterocycles. The van der Waals surface area contributed by atoms with Gasteiger partial charge in [-0.15, -0.1) is 0 Å². The van der Waals surface area contributed by atoms with Crippen LogP contribution >= 0.6 is 11.6 Å². The Morgan fingerprint density at radius 2 is 1.65 bits per heavy atom. The van der Waals surface area contributed by atoms with Crippen LogP contribution in [-0.2, 0) is 0 Å². The fourth-order valence-corrected chi connectivity index (χ4v) is 1.42. The second kappa shape index (κ2) is 5.46. The number of ether oxygens (including phenoxy) is 1. The molecule has 0 aliphatic rings. The maximum atomic E-state index is 5.78. The summed E-state index contributed by atoms with van der Waals surface area (Å²) in [7, 11) is 1.62. The van der Waals surface area contributed by atoms with Crippen LogP contribution in [0, 0.1) is 0 Å². The average molecular weight is 247 g/mol. The topological polar surface area (TPSA) is 34.0 Å². The van der Waals surface area contributed by atoms with Gasteiger partial charge in [0.25, 0.3) is 0 Å². The van der Waals surface area contributed by atoms with Gasteiger partial charge in [0.1, 0.15) is 5.75 Å². The standard InChI is InChI=1S/C13H11ClN2O/c1-17-13-4-2-3-12(9-13)16-15-11-7-5-10(14)6-8-11/h2-9H,1H3. The smallest absolute Gasteiger partial charge is 0.121 e. The minimum absolute atomic E-state index is 0.685. The second-order valence-electron chi connectivity index (χ2n) is 3.38. The summed E-state index contributed by atoms with van der Waals surface area (Å²) < 4.78 is 5.10. The van der Waals surface area contributed by atoms with Gasteiger partial charge in [-0.1, -0.05) is 17.7 Å². The molecule has 0 heterocycles. The maximum Gasteiger partial charge on any atom is 0.121 e. The first-order valence-corrected chi connectivity index (χ1v) is 5.47. The zero-order valence-electron chi connectivity index (χ0n) is 9.30. The molecule has 0 fully saturated rings. The number of rotatable bonds is 3. The third-order valence-electron chi connectivity index (χ3n) is 2.16. The Morgan fingerprint density at radius 1 is 0.941 bits per heavy atom. The summed E-state index contributed by atoms with van der Waals surface area (Å²) >= 11 is 5.78. The SMILES string of the molecule is COc1cccc(N=Nc2ccc(Cl)cc2)c1. The number of hydrogen-bond donors (Lipinski definition) is 0. The highest BCUT2D eigenvalue weighted by Gasteiger charge is 1.94. The van der Waals surface area contributed by atoms with Crippen LogP contribution < -0.4 is 4.74 Å². The molecule has 86 valence electrons. The lowest BCUT2D eigenvalue weighted by molar-refractivity contribution is 0.415. The number of nitrogens with zero attached hydrogens (tertiary/aromatic N) is 2. The molecule has 0 aliphatic carbocycles. The molecule has 2 aromatic rings. The predicted molar refractivity (Wildman–Crippen MR) is 68.6 cm³/mol. The zero-order chi connectivity index (χ0) is 12.1. The summed E-state index contributed by atoms with van der Waals surface area (Å²) in [5.74, 6) is 0.762. The number of azo groups is 1. The van der Waals surface area contributed by atoms with Crippen LogP contribution in [0.4, 0.5) is 11.4 Å². The van der Waals surface area contributed by atoms with E-state index in [1.165, 1.54) is 0 Å². The van der Waals surface area contributed by atoms with Gasteiger partial charge in [-0.05, 0) is 36.4 Å². The van der Waals surface area contributed by atoms with Crippen LogP contribution in [0.1, 0.15) is 0 Å². The van der Waals surface area contributed by atoms with Crippen LogP contribution in [0.3, 0.4) is 0 Å². The molecule has 0 spiro atoms. The van der Waals surface area contributed by atoms with Crippen molar-refractivity contribution in [3.63, 3.8) is 0 Å². The summed E-state index contributed by atoms with van der Waals surface area (Å²) in [4.78, 5) is 0. The minimum Gasteiger partial charge on any atom is -0.497 e. The van der Waals surface area contributed by atoms with E-state index >= 15 is 0 Å². The van der Waals surface area contributed by atoms with Crippen molar-refractivity contribution in [3.05, 3.63) is 53.6 Å². The fourth-order valence-electron chi connectivity index (χ4n) is 1.30. The molecule has 0 unspecified atom stereocenters. The molecular weight excluding hydrogens is 236 g/mol. The fraction of sp³-hybridized carbons (Fsp3) is 0.0769. The Labute approximate surface area is 105 Å². The summed E-state index contributed by atoms with van der Waals surface area (Å²) in [5.41, 5.74) is 1.51. The first-order valence-electron chi connectivity index (χ1n) is 5.09. The lowest BCUT2D eigenvalue weighted by atomic mass is 10.3. The molecule has 0 saturated heterocycles. The molecule has 0 amide bonds. The molecule has 2 aromatic carbocycles. The van der Waals surface area contributed by atoms with E-state index < -0.39 is 0 Å². The highest BCUT2D eigenvalue weighted by atomic mass is 35.5. The van der Waals surface area contributed by atoms with E-state index in [0.29, 0.717) is 5.02 Å². The molecule has 2 rings (SSSR count). The van der Waals surface area contributed by atoms with Crippen molar-refractivity contribution < 1.29 is 4.74 Å². The molecule has 3 nitrogen and oxygen atoms in total. The van der Waals surface area contributed by atoms with E-state index in [0.717, 1.165) is 17.1 Å². The largest absolute Gasteiger partial charge is 0.497 e. The molecule has 0 aliphatic heterocycles. The number of benzene rings is 2. The molecular formula is C13H11ClN2O. The first-order chi connectivity index (χ1) is 8.28. The van der Waals surface area contributed by atoms with Gasteiger partial charge in [-0.3, -0.25) is 0 Å². The molecule has 4 heteroatoms. The van der Waals surface area contributed by atoms with Gasteiger partial charge >= 0.3 is 0 Å².